The molecule has 0 saturated heterocycles. The third-order valence-electron chi connectivity index (χ3n) is 3.82. The highest BCUT2D eigenvalue weighted by Gasteiger charge is 2.10. The van der Waals surface area contributed by atoms with E-state index >= 15 is 0 Å². The van der Waals surface area contributed by atoms with Crippen LogP contribution < -0.4 is 10.1 Å². The van der Waals surface area contributed by atoms with Gasteiger partial charge in [-0.15, -0.1) is 0 Å². The molecule has 2 N–H and O–H groups in total. The number of benzene rings is 1. The number of nitrogens with zero attached hydrogens (tertiary/aromatic N) is 2. The maximum atomic E-state index is 5.29. The van der Waals surface area contributed by atoms with Gasteiger partial charge in [0.15, 0.2) is 0 Å². The van der Waals surface area contributed by atoms with Crippen LogP contribution in [-0.2, 0) is 0 Å². The summed E-state index contributed by atoms with van der Waals surface area (Å²) in [6, 6.07) is 5.91. The van der Waals surface area contributed by atoms with E-state index in [4.69, 9.17) is 4.74 Å². The molecular weight excluding hydrogens is 276 g/mol. The van der Waals surface area contributed by atoms with E-state index in [0.717, 1.165) is 45.0 Å². The number of rotatable bonds is 4. The van der Waals surface area contributed by atoms with E-state index in [0.29, 0.717) is 0 Å². The molecule has 3 aromatic rings. The highest BCUT2D eigenvalue weighted by Crippen LogP contribution is 2.28. The van der Waals surface area contributed by atoms with Crippen LogP contribution in [-0.4, -0.2) is 22.1 Å². The van der Waals surface area contributed by atoms with Gasteiger partial charge in [0.25, 0.3) is 0 Å². The second-order valence-electron chi connectivity index (χ2n) is 5.15. The van der Waals surface area contributed by atoms with Crippen LogP contribution in [0.25, 0.3) is 16.6 Å². The number of hydrogen-bond donors (Lipinski definition) is 2. The minimum atomic E-state index is 0.773. The van der Waals surface area contributed by atoms with Gasteiger partial charge in [-0.2, -0.15) is 0 Å². The van der Waals surface area contributed by atoms with Crippen molar-refractivity contribution in [1.82, 2.24) is 15.0 Å². The van der Waals surface area contributed by atoms with Crippen LogP contribution in [0.5, 0.6) is 5.75 Å². The van der Waals surface area contributed by atoms with Gasteiger partial charge in [-0.25, -0.2) is 9.97 Å². The van der Waals surface area contributed by atoms with Gasteiger partial charge in [-0.3, -0.25) is 0 Å². The average molecular weight is 294 g/mol. The first-order chi connectivity index (χ1) is 10.6. The van der Waals surface area contributed by atoms with Crippen molar-refractivity contribution in [2.75, 3.05) is 12.4 Å². The first-order valence-corrected chi connectivity index (χ1v) is 6.99. The number of methoxy groups -OCH3 is 1. The molecule has 1 aromatic carbocycles. The fourth-order valence-corrected chi connectivity index (χ4v) is 2.35. The van der Waals surface area contributed by atoms with E-state index in [1.807, 2.05) is 38.2 Å². The lowest BCUT2D eigenvalue weighted by Gasteiger charge is -2.11. The molecule has 2 heterocycles. The Bertz CT molecular complexity index is 851. The molecule has 5 heteroatoms. The van der Waals surface area contributed by atoms with Crippen molar-refractivity contribution >= 4 is 22.4 Å². The summed E-state index contributed by atoms with van der Waals surface area (Å²) in [5.74, 6) is 1.59. The molecule has 112 valence electrons. The van der Waals surface area contributed by atoms with Crippen LogP contribution in [0.1, 0.15) is 16.8 Å². The molecule has 0 radical (unpaired) electrons. The van der Waals surface area contributed by atoms with Gasteiger partial charge in [-0.05, 0) is 32.0 Å². The summed E-state index contributed by atoms with van der Waals surface area (Å²) in [6.45, 7) is 8.09. The number of anilines is 1. The lowest BCUT2D eigenvalue weighted by molar-refractivity contribution is 0.415. The van der Waals surface area contributed by atoms with Gasteiger partial charge in [-0.1, -0.05) is 6.58 Å². The van der Waals surface area contributed by atoms with Gasteiger partial charge in [0.2, 0.25) is 0 Å². The number of nitrogens with one attached hydrogen (secondary N) is 2. The summed E-state index contributed by atoms with van der Waals surface area (Å²) in [5, 5.41) is 4.33. The van der Waals surface area contributed by atoms with Crippen LogP contribution in [0.3, 0.4) is 0 Å². The normalized spacial score (nSPS) is 10.7. The molecule has 2 aromatic heterocycles. The maximum absolute atomic E-state index is 5.29. The second kappa shape index (κ2) is 5.52. The number of fused-ring (bicyclic) bond motifs is 1. The Morgan fingerprint density at radius 2 is 2.09 bits per heavy atom. The Hall–Kier alpha value is -2.82. The molecule has 0 atom stereocenters. The predicted molar refractivity (Wildman–Crippen MR) is 89.0 cm³/mol. The Morgan fingerprint density at radius 3 is 2.86 bits per heavy atom. The third kappa shape index (κ3) is 2.41. The van der Waals surface area contributed by atoms with Gasteiger partial charge in [0, 0.05) is 39.6 Å². The zero-order valence-electron chi connectivity index (χ0n) is 12.9. The van der Waals surface area contributed by atoms with E-state index < -0.39 is 0 Å². The zero-order valence-corrected chi connectivity index (χ0v) is 12.9. The monoisotopic (exact) mass is 294 g/mol. The highest BCUT2D eigenvalue weighted by molar-refractivity contribution is 5.95. The largest absolute Gasteiger partial charge is 0.497 e. The SMILES string of the molecule is C=C(Nc1ncnc(C)c1C)c1c[nH]c2ccc(OC)cc12. The Kier molecular flexibility index (Phi) is 3.55. The summed E-state index contributed by atoms with van der Waals surface area (Å²) < 4.78 is 5.29. The van der Waals surface area contributed by atoms with Crippen molar-refractivity contribution < 1.29 is 4.74 Å². The molecule has 5 nitrogen and oxygen atoms in total. The van der Waals surface area contributed by atoms with Gasteiger partial charge in [0.05, 0.1) is 7.11 Å². The van der Waals surface area contributed by atoms with E-state index in [-0.39, 0.29) is 0 Å². The van der Waals surface area contributed by atoms with E-state index in [1.165, 1.54) is 0 Å². The van der Waals surface area contributed by atoms with Crippen molar-refractivity contribution in [2.45, 2.75) is 13.8 Å². The van der Waals surface area contributed by atoms with Crippen molar-refractivity contribution in [3.63, 3.8) is 0 Å². The third-order valence-corrected chi connectivity index (χ3v) is 3.82. The molecule has 22 heavy (non-hydrogen) atoms. The quantitative estimate of drug-likeness (QED) is 0.770. The lowest BCUT2D eigenvalue weighted by Crippen LogP contribution is -2.03. The topological polar surface area (TPSA) is 62.8 Å². The van der Waals surface area contributed by atoms with Crippen LogP contribution in [0.2, 0.25) is 0 Å². The van der Waals surface area contributed by atoms with Crippen LogP contribution in [0, 0.1) is 13.8 Å². The summed E-state index contributed by atoms with van der Waals surface area (Å²) >= 11 is 0. The summed E-state index contributed by atoms with van der Waals surface area (Å²) in [4.78, 5) is 11.7. The molecule has 0 unspecified atom stereocenters. The zero-order chi connectivity index (χ0) is 15.7. The van der Waals surface area contributed by atoms with E-state index in [1.54, 1.807) is 13.4 Å². The van der Waals surface area contributed by atoms with Gasteiger partial charge < -0.3 is 15.0 Å². The number of hydrogen-bond acceptors (Lipinski definition) is 4. The standard InChI is InChI=1S/C17H18N4O/c1-10-11(2)19-9-20-17(10)21-12(3)15-8-18-16-6-5-13(22-4)7-14(15)16/h5-9,18H,3H2,1-2,4H3,(H,19,20,21). The van der Waals surface area contributed by atoms with Crippen molar-refractivity contribution in [2.24, 2.45) is 0 Å². The molecule has 0 bridgehead atoms. The fraction of sp³-hybridized carbons (Fsp3) is 0.176. The van der Waals surface area contributed by atoms with Crippen molar-refractivity contribution in [3.05, 3.63) is 54.1 Å². The van der Waals surface area contributed by atoms with Crippen LogP contribution in [0.4, 0.5) is 5.82 Å². The molecule has 0 saturated carbocycles. The molecule has 0 spiro atoms. The van der Waals surface area contributed by atoms with E-state index in [2.05, 4.69) is 26.8 Å². The number of aryl methyl sites for hydroxylation is 1. The van der Waals surface area contributed by atoms with Crippen LogP contribution in [0.15, 0.2) is 37.3 Å². The van der Waals surface area contributed by atoms with Crippen molar-refractivity contribution in [3.8, 4) is 5.75 Å². The molecule has 0 aliphatic carbocycles. The molecule has 0 aliphatic heterocycles. The first kappa shape index (κ1) is 14.1. The fourth-order valence-electron chi connectivity index (χ4n) is 2.35. The van der Waals surface area contributed by atoms with E-state index in [9.17, 15) is 0 Å². The summed E-state index contributed by atoms with van der Waals surface area (Å²) in [6.07, 6.45) is 3.49. The average Bonchev–Trinajstić information content (AvgIpc) is 2.94. The first-order valence-electron chi connectivity index (χ1n) is 6.99. The van der Waals surface area contributed by atoms with Crippen LogP contribution >= 0.6 is 0 Å². The minimum absolute atomic E-state index is 0.773. The Balaban J connectivity index is 1.97. The summed E-state index contributed by atoms with van der Waals surface area (Å²) in [5.41, 5.74) is 4.77. The number of aromatic amines is 1. The molecule has 3 rings (SSSR count). The predicted octanol–water partition coefficient (Wildman–Crippen LogP) is 3.67. The van der Waals surface area contributed by atoms with Crippen molar-refractivity contribution in [1.29, 1.82) is 0 Å². The smallest absolute Gasteiger partial charge is 0.136 e. The number of H-pyrrole nitrogens is 1. The lowest BCUT2D eigenvalue weighted by atomic mass is 10.1. The number of aromatic nitrogens is 3. The molecule has 0 aliphatic rings. The summed E-state index contributed by atoms with van der Waals surface area (Å²) in [7, 11) is 1.66. The maximum Gasteiger partial charge on any atom is 0.136 e. The molecule has 0 fully saturated rings. The molecule has 0 amide bonds. The van der Waals surface area contributed by atoms with Gasteiger partial charge in [0.1, 0.15) is 17.9 Å². The van der Waals surface area contributed by atoms with Gasteiger partial charge >= 0.3 is 0 Å². The second-order valence-corrected chi connectivity index (χ2v) is 5.15. The Labute approximate surface area is 129 Å². The number of ether oxygens (including phenoxy) is 1. The Morgan fingerprint density at radius 1 is 1.27 bits per heavy atom. The molecular formula is C17H18N4O. The highest BCUT2D eigenvalue weighted by atomic mass is 16.5. The minimum Gasteiger partial charge on any atom is -0.497 e.